The van der Waals surface area contributed by atoms with Crippen LogP contribution in [0.4, 0.5) is 8.78 Å². The molecule has 2 aromatic rings. The van der Waals surface area contributed by atoms with E-state index in [9.17, 15) is 8.78 Å². The van der Waals surface area contributed by atoms with Crippen LogP contribution in [0.3, 0.4) is 0 Å². The van der Waals surface area contributed by atoms with Gasteiger partial charge in [0.2, 0.25) is 5.88 Å². The monoisotopic (exact) mass is 324 g/mol. The Morgan fingerprint density at radius 1 is 1.21 bits per heavy atom. The van der Waals surface area contributed by atoms with Gasteiger partial charge in [-0.2, -0.15) is 5.26 Å². The van der Waals surface area contributed by atoms with Gasteiger partial charge in [0.1, 0.15) is 17.0 Å². The number of nitriles is 1. The third-order valence-corrected chi connectivity index (χ3v) is 2.89. The third-order valence-electron chi connectivity index (χ3n) is 2.34. The molecular weight excluding hydrogens is 318 g/mol. The largest absolute Gasteiger partial charge is 0.473 e. The van der Waals surface area contributed by atoms with Crippen LogP contribution >= 0.6 is 15.9 Å². The summed E-state index contributed by atoms with van der Waals surface area (Å²) in [6, 6.07) is 8.48. The molecule has 0 aliphatic heterocycles. The van der Waals surface area contributed by atoms with Gasteiger partial charge in [-0.25, -0.2) is 13.8 Å². The number of rotatable bonds is 3. The lowest BCUT2D eigenvalue weighted by molar-refractivity contribution is 0.286. The summed E-state index contributed by atoms with van der Waals surface area (Å²) in [6.07, 6.45) is 0. The van der Waals surface area contributed by atoms with Crippen LogP contribution in [0, 0.1) is 23.0 Å². The third kappa shape index (κ3) is 3.26. The Balaban J connectivity index is 2.10. The van der Waals surface area contributed by atoms with Gasteiger partial charge in [-0.1, -0.05) is 6.07 Å². The molecule has 19 heavy (non-hydrogen) atoms. The highest BCUT2D eigenvalue weighted by Crippen LogP contribution is 2.18. The van der Waals surface area contributed by atoms with Crippen molar-refractivity contribution in [2.45, 2.75) is 6.61 Å². The first kappa shape index (κ1) is 13.4. The summed E-state index contributed by atoms with van der Waals surface area (Å²) in [5.41, 5.74) is 0.533. The fourth-order valence-electron chi connectivity index (χ4n) is 1.37. The van der Waals surface area contributed by atoms with Gasteiger partial charge in [-0.15, -0.1) is 0 Å². The van der Waals surface area contributed by atoms with E-state index in [-0.39, 0.29) is 22.7 Å². The van der Waals surface area contributed by atoms with E-state index >= 15 is 0 Å². The summed E-state index contributed by atoms with van der Waals surface area (Å²) < 4.78 is 31.8. The lowest BCUT2D eigenvalue weighted by atomic mass is 10.1. The van der Waals surface area contributed by atoms with Crippen LogP contribution in [0.25, 0.3) is 0 Å². The Kier molecular flexibility index (Phi) is 4.07. The molecule has 0 radical (unpaired) electrons. The molecule has 0 saturated heterocycles. The van der Waals surface area contributed by atoms with E-state index in [1.165, 1.54) is 24.3 Å². The first-order chi connectivity index (χ1) is 9.10. The summed E-state index contributed by atoms with van der Waals surface area (Å²) in [6.45, 7) is -0.0530. The Labute approximate surface area is 116 Å². The van der Waals surface area contributed by atoms with Gasteiger partial charge in [-0.3, -0.25) is 0 Å². The van der Waals surface area contributed by atoms with Gasteiger partial charge < -0.3 is 4.74 Å². The Morgan fingerprint density at radius 2 is 2.00 bits per heavy atom. The van der Waals surface area contributed by atoms with Gasteiger partial charge >= 0.3 is 0 Å². The molecule has 0 amide bonds. The second kappa shape index (κ2) is 5.76. The van der Waals surface area contributed by atoms with Crippen molar-refractivity contribution >= 4 is 15.9 Å². The summed E-state index contributed by atoms with van der Waals surface area (Å²) in [5.74, 6) is -0.853. The second-order valence-corrected chi connectivity index (χ2v) is 4.38. The van der Waals surface area contributed by atoms with E-state index in [1.54, 1.807) is 0 Å². The molecule has 0 aliphatic carbocycles. The fraction of sp³-hybridized carbons (Fsp3) is 0.0769. The quantitative estimate of drug-likeness (QED) is 0.811. The van der Waals surface area contributed by atoms with Gasteiger partial charge in [0.25, 0.3) is 0 Å². The van der Waals surface area contributed by atoms with Crippen LogP contribution in [0.15, 0.2) is 34.9 Å². The van der Waals surface area contributed by atoms with Crippen LogP contribution in [0.5, 0.6) is 5.88 Å². The number of aromatic nitrogens is 1. The predicted molar refractivity (Wildman–Crippen MR) is 67.3 cm³/mol. The highest BCUT2D eigenvalue weighted by Gasteiger charge is 2.07. The molecule has 96 valence electrons. The minimum atomic E-state index is -0.528. The van der Waals surface area contributed by atoms with Gasteiger partial charge in [0.05, 0.1) is 11.6 Å². The summed E-state index contributed by atoms with van der Waals surface area (Å²) in [4.78, 5) is 3.80. The number of nitrogens with zero attached hydrogens (tertiary/aromatic N) is 2. The second-order valence-electron chi connectivity index (χ2n) is 3.63. The number of hydrogen-bond donors (Lipinski definition) is 0. The van der Waals surface area contributed by atoms with Crippen LogP contribution in [0.2, 0.25) is 0 Å². The molecule has 1 aromatic carbocycles. The Morgan fingerprint density at radius 3 is 2.63 bits per heavy atom. The van der Waals surface area contributed by atoms with E-state index < -0.39 is 11.6 Å². The minimum Gasteiger partial charge on any atom is -0.473 e. The molecular formula is C13H7BrF2N2O. The zero-order valence-corrected chi connectivity index (χ0v) is 11.1. The summed E-state index contributed by atoms with van der Waals surface area (Å²) >= 11 is 2.93. The summed E-state index contributed by atoms with van der Waals surface area (Å²) in [7, 11) is 0. The molecule has 6 heteroatoms. The van der Waals surface area contributed by atoms with Crippen molar-refractivity contribution in [1.29, 1.82) is 5.26 Å². The van der Waals surface area contributed by atoms with Crippen molar-refractivity contribution in [2.75, 3.05) is 0 Å². The molecule has 2 rings (SSSR count). The number of hydrogen-bond acceptors (Lipinski definition) is 3. The average Bonchev–Trinajstić information content (AvgIpc) is 2.41. The maximum atomic E-state index is 13.6. The Bertz CT molecular complexity index is 656. The average molecular weight is 325 g/mol. The molecule has 0 saturated carbocycles. The van der Waals surface area contributed by atoms with Gasteiger partial charge in [-0.05, 0) is 34.1 Å². The highest BCUT2D eigenvalue weighted by atomic mass is 79.9. The van der Waals surface area contributed by atoms with E-state index in [1.807, 2.05) is 6.07 Å². The normalized spacial score (nSPS) is 10.0. The molecule has 0 N–H and O–H groups in total. The van der Waals surface area contributed by atoms with Crippen molar-refractivity contribution in [2.24, 2.45) is 0 Å². The standard InChI is InChI=1S/C13H7BrF2N2O/c14-13-10(15)3-4-12(18-13)19-7-9-2-1-8(6-17)5-11(9)16/h1-5H,7H2. The van der Waals surface area contributed by atoms with Crippen molar-refractivity contribution < 1.29 is 13.5 Å². The number of pyridine rings is 1. The lowest BCUT2D eigenvalue weighted by Crippen LogP contribution is -2.01. The smallest absolute Gasteiger partial charge is 0.214 e. The SMILES string of the molecule is N#Cc1ccc(COc2ccc(F)c(Br)n2)c(F)c1. The zero-order valence-electron chi connectivity index (χ0n) is 9.53. The van der Waals surface area contributed by atoms with Gasteiger partial charge in [0, 0.05) is 11.6 Å². The number of benzene rings is 1. The van der Waals surface area contributed by atoms with Gasteiger partial charge in [0.15, 0.2) is 5.82 Å². The molecule has 0 bridgehead atoms. The van der Waals surface area contributed by atoms with Crippen LogP contribution in [0.1, 0.15) is 11.1 Å². The summed E-state index contributed by atoms with van der Waals surface area (Å²) in [5, 5.41) is 8.62. The van der Waals surface area contributed by atoms with E-state index in [0.29, 0.717) is 5.56 Å². The molecule has 0 atom stereocenters. The van der Waals surface area contributed by atoms with E-state index in [2.05, 4.69) is 20.9 Å². The van der Waals surface area contributed by atoms with Crippen molar-refractivity contribution in [3.63, 3.8) is 0 Å². The van der Waals surface area contributed by atoms with Crippen molar-refractivity contribution in [3.8, 4) is 11.9 Å². The van der Waals surface area contributed by atoms with Crippen LogP contribution < -0.4 is 4.74 Å². The maximum absolute atomic E-state index is 13.6. The molecule has 1 aromatic heterocycles. The first-order valence-corrected chi connectivity index (χ1v) is 6.03. The van der Waals surface area contributed by atoms with Crippen molar-refractivity contribution in [3.05, 3.63) is 57.7 Å². The Hall–Kier alpha value is -2.00. The van der Waals surface area contributed by atoms with Crippen LogP contribution in [-0.4, -0.2) is 4.98 Å². The van der Waals surface area contributed by atoms with E-state index in [0.717, 1.165) is 6.07 Å². The molecule has 3 nitrogen and oxygen atoms in total. The zero-order chi connectivity index (χ0) is 13.8. The van der Waals surface area contributed by atoms with Crippen molar-refractivity contribution in [1.82, 2.24) is 4.98 Å². The van der Waals surface area contributed by atoms with E-state index in [4.69, 9.17) is 10.00 Å². The molecule has 0 spiro atoms. The fourth-order valence-corrected chi connectivity index (χ4v) is 1.67. The molecule has 0 aliphatic rings. The lowest BCUT2D eigenvalue weighted by Gasteiger charge is -2.07. The highest BCUT2D eigenvalue weighted by molar-refractivity contribution is 9.10. The maximum Gasteiger partial charge on any atom is 0.214 e. The predicted octanol–water partition coefficient (Wildman–Crippen LogP) is 3.57. The van der Waals surface area contributed by atoms with Crippen LogP contribution in [-0.2, 0) is 6.61 Å². The number of ether oxygens (including phenoxy) is 1. The topological polar surface area (TPSA) is 45.9 Å². The molecule has 0 fully saturated rings. The number of halogens is 3. The molecule has 1 heterocycles. The molecule has 0 unspecified atom stereocenters. The minimum absolute atomic E-state index is 0.0327. The first-order valence-electron chi connectivity index (χ1n) is 5.23.